The van der Waals surface area contributed by atoms with Gasteiger partial charge in [-0.1, -0.05) is 30.9 Å². The Bertz CT molecular complexity index is 276. The maximum Gasteiger partial charge on any atom is -0.00367 e. The molecule has 0 aromatic heterocycles. The van der Waals surface area contributed by atoms with Gasteiger partial charge in [0.25, 0.3) is 0 Å². The average molecular weight is 161 g/mol. The summed E-state index contributed by atoms with van der Waals surface area (Å²) < 4.78 is 0. The topological polar surface area (TPSA) is 26.0 Å². The Morgan fingerprint density at radius 2 is 2.25 bits per heavy atom. The Morgan fingerprint density at radius 3 is 2.83 bits per heavy atom. The molecule has 0 atom stereocenters. The van der Waals surface area contributed by atoms with Crippen molar-refractivity contribution in [3.8, 4) is 0 Å². The van der Waals surface area contributed by atoms with Crippen LogP contribution in [0.4, 0.5) is 0 Å². The molecule has 1 rings (SSSR count). The third-order valence-electron chi connectivity index (χ3n) is 2.00. The summed E-state index contributed by atoms with van der Waals surface area (Å²) in [4.78, 5) is 0. The van der Waals surface area contributed by atoms with Crippen LogP contribution in [0.5, 0.6) is 0 Å². The minimum Gasteiger partial charge on any atom is -0.330 e. The van der Waals surface area contributed by atoms with Gasteiger partial charge < -0.3 is 5.73 Å². The van der Waals surface area contributed by atoms with Gasteiger partial charge in [-0.25, -0.2) is 0 Å². The highest BCUT2D eigenvalue weighted by molar-refractivity contribution is 5.52. The van der Waals surface area contributed by atoms with E-state index in [2.05, 4.69) is 31.7 Å². The van der Waals surface area contributed by atoms with Gasteiger partial charge in [-0.15, -0.1) is 0 Å². The van der Waals surface area contributed by atoms with E-state index in [4.69, 9.17) is 5.73 Å². The third-order valence-corrected chi connectivity index (χ3v) is 2.00. The molecule has 0 bridgehead atoms. The SMILES string of the molecule is C=Cc1cc(CCN)ccc1C. The molecule has 1 aromatic carbocycles. The van der Waals surface area contributed by atoms with Crippen molar-refractivity contribution in [1.82, 2.24) is 0 Å². The van der Waals surface area contributed by atoms with Crippen molar-refractivity contribution >= 4 is 6.08 Å². The monoisotopic (exact) mass is 161 g/mol. The van der Waals surface area contributed by atoms with Crippen LogP contribution in [0.2, 0.25) is 0 Å². The predicted octanol–water partition coefficient (Wildman–Crippen LogP) is 2.14. The lowest BCUT2D eigenvalue weighted by Crippen LogP contribution is -2.02. The molecule has 0 fully saturated rings. The van der Waals surface area contributed by atoms with Crippen LogP contribution >= 0.6 is 0 Å². The summed E-state index contributed by atoms with van der Waals surface area (Å²) in [6.45, 7) is 6.56. The van der Waals surface area contributed by atoms with Crippen LogP contribution in [0.15, 0.2) is 24.8 Å². The zero-order chi connectivity index (χ0) is 8.97. The standard InChI is InChI=1S/C11H15N/c1-3-11-8-10(6-7-12)5-4-9(11)2/h3-5,8H,1,6-7,12H2,2H3. The van der Waals surface area contributed by atoms with Crippen LogP contribution in [0.3, 0.4) is 0 Å². The summed E-state index contributed by atoms with van der Waals surface area (Å²) in [5.41, 5.74) is 9.23. The number of nitrogens with two attached hydrogens (primary N) is 1. The smallest absolute Gasteiger partial charge is 0.00367 e. The fraction of sp³-hybridized carbons (Fsp3) is 0.273. The van der Waals surface area contributed by atoms with E-state index in [0.29, 0.717) is 6.54 Å². The minimum absolute atomic E-state index is 0.708. The van der Waals surface area contributed by atoms with Crippen molar-refractivity contribution in [2.45, 2.75) is 13.3 Å². The lowest BCUT2D eigenvalue weighted by atomic mass is 10.0. The molecule has 64 valence electrons. The maximum absolute atomic E-state index is 5.46. The van der Waals surface area contributed by atoms with E-state index in [0.717, 1.165) is 6.42 Å². The van der Waals surface area contributed by atoms with Crippen molar-refractivity contribution in [3.05, 3.63) is 41.5 Å². The molecule has 12 heavy (non-hydrogen) atoms. The highest BCUT2D eigenvalue weighted by Crippen LogP contribution is 2.12. The van der Waals surface area contributed by atoms with E-state index in [9.17, 15) is 0 Å². The van der Waals surface area contributed by atoms with Crippen molar-refractivity contribution in [1.29, 1.82) is 0 Å². The van der Waals surface area contributed by atoms with Gasteiger partial charge in [-0.3, -0.25) is 0 Å². The largest absolute Gasteiger partial charge is 0.330 e. The molecule has 0 aliphatic rings. The molecule has 2 N–H and O–H groups in total. The maximum atomic E-state index is 5.46. The van der Waals surface area contributed by atoms with Crippen LogP contribution < -0.4 is 5.73 Å². The molecule has 1 aromatic rings. The van der Waals surface area contributed by atoms with Gasteiger partial charge in [0.1, 0.15) is 0 Å². The minimum atomic E-state index is 0.708. The Hall–Kier alpha value is -1.08. The van der Waals surface area contributed by atoms with Crippen molar-refractivity contribution < 1.29 is 0 Å². The summed E-state index contributed by atoms with van der Waals surface area (Å²) in [5, 5.41) is 0. The highest BCUT2D eigenvalue weighted by atomic mass is 14.5. The molecule has 0 saturated carbocycles. The molecule has 0 amide bonds. The molecule has 0 radical (unpaired) electrons. The first kappa shape index (κ1) is 9.01. The normalized spacial score (nSPS) is 9.83. The van der Waals surface area contributed by atoms with Gasteiger partial charge in [-0.2, -0.15) is 0 Å². The van der Waals surface area contributed by atoms with Gasteiger partial charge in [0.2, 0.25) is 0 Å². The summed E-state index contributed by atoms with van der Waals surface area (Å²) >= 11 is 0. The van der Waals surface area contributed by atoms with Gasteiger partial charge in [0.15, 0.2) is 0 Å². The Labute approximate surface area is 73.9 Å². The third kappa shape index (κ3) is 1.95. The number of hydrogen-bond acceptors (Lipinski definition) is 1. The van der Waals surface area contributed by atoms with Gasteiger partial charge in [-0.05, 0) is 36.6 Å². The zero-order valence-electron chi connectivity index (χ0n) is 7.51. The molecule has 0 saturated heterocycles. The fourth-order valence-electron chi connectivity index (χ4n) is 1.23. The number of benzene rings is 1. The first-order valence-electron chi connectivity index (χ1n) is 4.20. The van der Waals surface area contributed by atoms with E-state index in [1.807, 2.05) is 6.08 Å². The molecule has 0 unspecified atom stereocenters. The van der Waals surface area contributed by atoms with Crippen LogP contribution in [0.25, 0.3) is 6.08 Å². The predicted molar refractivity (Wildman–Crippen MR) is 54.0 cm³/mol. The highest BCUT2D eigenvalue weighted by Gasteiger charge is 1.95. The van der Waals surface area contributed by atoms with Crippen molar-refractivity contribution in [2.75, 3.05) is 6.54 Å². The Balaban J connectivity index is 2.96. The second kappa shape index (κ2) is 4.07. The van der Waals surface area contributed by atoms with E-state index < -0.39 is 0 Å². The van der Waals surface area contributed by atoms with E-state index in [-0.39, 0.29) is 0 Å². The van der Waals surface area contributed by atoms with Crippen LogP contribution in [0, 0.1) is 6.92 Å². The van der Waals surface area contributed by atoms with Crippen molar-refractivity contribution in [2.24, 2.45) is 5.73 Å². The van der Waals surface area contributed by atoms with Crippen LogP contribution in [-0.4, -0.2) is 6.54 Å². The Morgan fingerprint density at radius 1 is 1.50 bits per heavy atom. The average Bonchev–Trinajstić information content (AvgIpc) is 2.09. The number of hydrogen-bond donors (Lipinski definition) is 1. The molecule has 0 spiro atoms. The van der Waals surface area contributed by atoms with Crippen molar-refractivity contribution in [3.63, 3.8) is 0 Å². The van der Waals surface area contributed by atoms with E-state index >= 15 is 0 Å². The van der Waals surface area contributed by atoms with Gasteiger partial charge in [0, 0.05) is 0 Å². The second-order valence-electron chi connectivity index (χ2n) is 2.93. The van der Waals surface area contributed by atoms with Gasteiger partial charge in [0.05, 0.1) is 0 Å². The van der Waals surface area contributed by atoms with Crippen LogP contribution in [0.1, 0.15) is 16.7 Å². The molecule has 1 heteroatoms. The first-order chi connectivity index (χ1) is 5.77. The van der Waals surface area contributed by atoms with Gasteiger partial charge >= 0.3 is 0 Å². The summed E-state index contributed by atoms with van der Waals surface area (Å²) in [7, 11) is 0. The summed E-state index contributed by atoms with van der Waals surface area (Å²) in [5.74, 6) is 0. The quantitative estimate of drug-likeness (QED) is 0.722. The Kier molecular flexibility index (Phi) is 3.06. The van der Waals surface area contributed by atoms with E-state index in [1.54, 1.807) is 0 Å². The number of aryl methyl sites for hydroxylation is 1. The molecular formula is C11H15N. The summed E-state index contributed by atoms with van der Waals surface area (Å²) in [6, 6.07) is 6.38. The summed E-state index contributed by atoms with van der Waals surface area (Å²) in [6.07, 6.45) is 2.83. The lowest BCUT2D eigenvalue weighted by Gasteiger charge is -2.03. The van der Waals surface area contributed by atoms with E-state index in [1.165, 1.54) is 16.7 Å². The first-order valence-corrected chi connectivity index (χ1v) is 4.20. The molecule has 0 aliphatic heterocycles. The number of rotatable bonds is 3. The lowest BCUT2D eigenvalue weighted by molar-refractivity contribution is 0.967. The van der Waals surface area contributed by atoms with Crippen LogP contribution in [-0.2, 0) is 6.42 Å². The zero-order valence-corrected chi connectivity index (χ0v) is 7.51. The fourth-order valence-corrected chi connectivity index (χ4v) is 1.23. The molecule has 1 nitrogen and oxygen atoms in total. The second-order valence-corrected chi connectivity index (χ2v) is 2.93. The molecular weight excluding hydrogens is 146 g/mol. The molecule has 0 aliphatic carbocycles. The molecule has 0 heterocycles.